The van der Waals surface area contributed by atoms with Crippen LogP contribution in [0.15, 0.2) is 60.8 Å². The summed E-state index contributed by atoms with van der Waals surface area (Å²) < 4.78 is 1.79. The van der Waals surface area contributed by atoms with Crippen LogP contribution in [0, 0.1) is 0 Å². The van der Waals surface area contributed by atoms with Crippen LogP contribution < -0.4 is 4.90 Å². The Morgan fingerprint density at radius 3 is 2.42 bits per heavy atom. The molecular weight excluding hydrogens is 300 g/mol. The van der Waals surface area contributed by atoms with Crippen LogP contribution in [0.2, 0.25) is 0 Å². The van der Waals surface area contributed by atoms with Crippen molar-refractivity contribution in [2.24, 2.45) is 0 Å². The van der Waals surface area contributed by atoms with E-state index in [2.05, 4.69) is 34.3 Å². The molecule has 3 aromatic rings. The Morgan fingerprint density at radius 2 is 1.62 bits per heavy atom. The zero-order valence-electron chi connectivity index (χ0n) is 13.5. The molecule has 2 aromatic carbocycles. The lowest BCUT2D eigenvalue weighted by molar-refractivity contribution is -0.132. The second-order valence-electron chi connectivity index (χ2n) is 6.06. The van der Waals surface area contributed by atoms with Gasteiger partial charge in [0, 0.05) is 37.3 Å². The Bertz CT molecular complexity index is 835. The molecule has 0 radical (unpaired) electrons. The lowest BCUT2D eigenvalue weighted by Crippen LogP contribution is -2.49. The number of carbonyl (C=O) groups excluding carboxylic acids is 1. The molecule has 1 fully saturated rings. The number of nitrogens with zero attached hydrogens (tertiary/aromatic N) is 4. The molecule has 5 nitrogen and oxygen atoms in total. The summed E-state index contributed by atoms with van der Waals surface area (Å²) in [6.45, 7) is 3.56. The largest absolute Gasteiger partial charge is 0.368 e. The van der Waals surface area contributed by atoms with Gasteiger partial charge >= 0.3 is 0 Å². The molecule has 1 aliphatic rings. The monoisotopic (exact) mass is 320 g/mol. The van der Waals surface area contributed by atoms with Crippen molar-refractivity contribution >= 4 is 22.5 Å². The number of para-hydroxylation sites is 2. The summed E-state index contributed by atoms with van der Waals surface area (Å²) in [6.07, 6.45) is 1.82. The molecule has 24 heavy (non-hydrogen) atoms. The number of hydrogen-bond acceptors (Lipinski definition) is 3. The molecule has 122 valence electrons. The van der Waals surface area contributed by atoms with E-state index >= 15 is 0 Å². The molecule has 0 bridgehead atoms. The quantitative estimate of drug-likeness (QED) is 0.744. The molecule has 0 atom stereocenters. The normalized spacial score (nSPS) is 15.0. The number of rotatable bonds is 3. The van der Waals surface area contributed by atoms with Crippen molar-refractivity contribution in [2.45, 2.75) is 6.54 Å². The fraction of sp³-hybridized carbons (Fsp3) is 0.263. The van der Waals surface area contributed by atoms with Crippen LogP contribution in [-0.4, -0.2) is 46.8 Å². The summed E-state index contributed by atoms with van der Waals surface area (Å²) in [4.78, 5) is 16.9. The summed E-state index contributed by atoms with van der Waals surface area (Å²) in [5, 5.41) is 5.42. The first-order valence-corrected chi connectivity index (χ1v) is 8.29. The highest BCUT2D eigenvalue weighted by Crippen LogP contribution is 2.16. The number of fused-ring (bicyclic) bond motifs is 1. The summed E-state index contributed by atoms with van der Waals surface area (Å²) in [5.74, 6) is 0.136. The molecule has 0 aliphatic carbocycles. The highest BCUT2D eigenvalue weighted by atomic mass is 16.2. The van der Waals surface area contributed by atoms with Crippen LogP contribution in [0.25, 0.3) is 10.9 Å². The van der Waals surface area contributed by atoms with E-state index in [1.54, 1.807) is 4.68 Å². The first kappa shape index (κ1) is 14.8. The zero-order chi connectivity index (χ0) is 16.4. The zero-order valence-corrected chi connectivity index (χ0v) is 13.5. The topological polar surface area (TPSA) is 41.4 Å². The standard InChI is InChI=1S/C19H20N4O/c24-19(15-23-18-9-5-4-6-16(18)14-20-23)22-12-10-21(11-13-22)17-7-2-1-3-8-17/h1-9,14H,10-13,15H2. The van der Waals surface area contributed by atoms with Crippen LogP contribution >= 0.6 is 0 Å². The van der Waals surface area contributed by atoms with Gasteiger partial charge in [-0.3, -0.25) is 9.48 Å². The van der Waals surface area contributed by atoms with Crippen molar-refractivity contribution < 1.29 is 4.79 Å². The minimum Gasteiger partial charge on any atom is -0.368 e. The van der Waals surface area contributed by atoms with Gasteiger partial charge in [0.2, 0.25) is 5.91 Å². The Balaban J connectivity index is 1.40. The second-order valence-corrected chi connectivity index (χ2v) is 6.06. The van der Waals surface area contributed by atoms with E-state index in [1.165, 1.54) is 5.69 Å². The SMILES string of the molecule is O=C(Cn1ncc2ccccc21)N1CCN(c2ccccc2)CC1. The Kier molecular flexibility index (Phi) is 3.91. The number of benzene rings is 2. The Morgan fingerprint density at radius 1 is 0.917 bits per heavy atom. The molecule has 1 aromatic heterocycles. The van der Waals surface area contributed by atoms with Gasteiger partial charge in [-0.25, -0.2) is 0 Å². The molecule has 0 unspecified atom stereocenters. The highest BCUT2D eigenvalue weighted by Gasteiger charge is 2.21. The Labute approximate surface area is 141 Å². The van der Waals surface area contributed by atoms with Gasteiger partial charge in [0.25, 0.3) is 0 Å². The molecule has 0 N–H and O–H groups in total. The van der Waals surface area contributed by atoms with Gasteiger partial charge < -0.3 is 9.80 Å². The average Bonchev–Trinajstić information content (AvgIpc) is 3.06. The van der Waals surface area contributed by atoms with Crippen molar-refractivity contribution in [1.29, 1.82) is 0 Å². The van der Waals surface area contributed by atoms with E-state index in [4.69, 9.17) is 0 Å². The molecule has 1 aliphatic heterocycles. The maximum atomic E-state index is 12.6. The third-order valence-corrected chi connectivity index (χ3v) is 4.59. The van der Waals surface area contributed by atoms with E-state index in [9.17, 15) is 4.79 Å². The minimum atomic E-state index is 0.136. The van der Waals surface area contributed by atoms with Gasteiger partial charge in [-0.15, -0.1) is 0 Å². The molecule has 0 saturated carbocycles. The lowest BCUT2D eigenvalue weighted by Gasteiger charge is -2.36. The smallest absolute Gasteiger partial charge is 0.244 e. The second kappa shape index (κ2) is 6.35. The van der Waals surface area contributed by atoms with Gasteiger partial charge in [-0.05, 0) is 18.2 Å². The number of piperazine rings is 1. The average molecular weight is 320 g/mol. The first-order chi connectivity index (χ1) is 11.8. The van der Waals surface area contributed by atoms with Gasteiger partial charge in [0.15, 0.2) is 0 Å². The molecule has 5 heteroatoms. The van der Waals surface area contributed by atoms with E-state index in [0.29, 0.717) is 6.54 Å². The number of hydrogen-bond donors (Lipinski definition) is 0. The van der Waals surface area contributed by atoms with Crippen molar-refractivity contribution in [2.75, 3.05) is 31.1 Å². The third-order valence-electron chi connectivity index (χ3n) is 4.59. The molecule has 0 spiro atoms. The highest BCUT2D eigenvalue weighted by molar-refractivity contribution is 5.82. The van der Waals surface area contributed by atoms with Gasteiger partial charge in [-0.1, -0.05) is 36.4 Å². The van der Waals surface area contributed by atoms with Crippen LogP contribution in [-0.2, 0) is 11.3 Å². The van der Waals surface area contributed by atoms with E-state index in [-0.39, 0.29) is 5.91 Å². The molecular formula is C19H20N4O. The van der Waals surface area contributed by atoms with Crippen LogP contribution in [0.1, 0.15) is 0 Å². The van der Waals surface area contributed by atoms with Crippen LogP contribution in [0.5, 0.6) is 0 Å². The van der Waals surface area contributed by atoms with E-state index < -0.39 is 0 Å². The minimum absolute atomic E-state index is 0.136. The third kappa shape index (κ3) is 2.85. The maximum absolute atomic E-state index is 12.6. The summed E-state index contributed by atoms with van der Waals surface area (Å²) in [7, 11) is 0. The predicted octanol–water partition coefficient (Wildman–Crippen LogP) is 2.39. The van der Waals surface area contributed by atoms with Crippen molar-refractivity contribution in [1.82, 2.24) is 14.7 Å². The van der Waals surface area contributed by atoms with Gasteiger partial charge in [0.1, 0.15) is 6.54 Å². The molecule has 1 saturated heterocycles. The fourth-order valence-corrected chi connectivity index (χ4v) is 3.23. The number of aromatic nitrogens is 2. The number of anilines is 1. The van der Waals surface area contributed by atoms with E-state index in [1.807, 2.05) is 41.4 Å². The molecule has 1 amide bonds. The fourth-order valence-electron chi connectivity index (χ4n) is 3.23. The number of amides is 1. The van der Waals surface area contributed by atoms with E-state index in [0.717, 1.165) is 37.1 Å². The van der Waals surface area contributed by atoms with Gasteiger partial charge in [-0.2, -0.15) is 5.10 Å². The summed E-state index contributed by atoms with van der Waals surface area (Å²) >= 11 is 0. The maximum Gasteiger partial charge on any atom is 0.244 e. The van der Waals surface area contributed by atoms with Crippen molar-refractivity contribution in [3.63, 3.8) is 0 Å². The summed E-state index contributed by atoms with van der Waals surface area (Å²) in [5.41, 5.74) is 2.23. The van der Waals surface area contributed by atoms with Crippen LogP contribution in [0.4, 0.5) is 5.69 Å². The molecule has 4 rings (SSSR count). The predicted molar refractivity (Wildman–Crippen MR) is 95.0 cm³/mol. The van der Waals surface area contributed by atoms with Gasteiger partial charge in [0.05, 0.1) is 11.7 Å². The summed E-state index contributed by atoms with van der Waals surface area (Å²) in [6, 6.07) is 18.3. The van der Waals surface area contributed by atoms with Crippen molar-refractivity contribution in [3.05, 3.63) is 60.8 Å². The molecule has 2 heterocycles. The first-order valence-electron chi connectivity index (χ1n) is 8.29. The van der Waals surface area contributed by atoms with Crippen molar-refractivity contribution in [3.8, 4) is 0 Å². The number of carbonyl (C=O) groups is 1. The lowest BCUT2D eigenvalue weighted by atomic mass is 10.2. The Hall–Kier alpha value is -2.82. The van der Waals surface area contributed by atoms with Crippen LogP contribution in [0.3, 0.4) is 0 Å².